The van der Waals surface area contributed by atoms with Gasteiger partial charge in [-0.05, 0) is 30.9 Å². The van der Waals surface area contributed by atoms with E-state index in [1.54, 1.807) is 0 Å². The molecule has 1 aromatic heterocycles. The van der Waals surface area contributed by atoms with Crippen molar-refractivity contribution in [1.29, 1.82) is 0 Å². The monoisotopic (exact) mass is 229 g/mol. The summed E-state index contributed by atoms with van der Waals surface area (Å²) >= 11 is 0. The molecule has 0 bridgehead atoms. The maximum Gasteiger partial charge on any atom is 0.0602 e. The molecule has 2 N–H and O–H groups in total. The van der Waals surface area contributed by atoms with E-state index in [0.717, 1.165) is 30.4 Å². The molecule has 17 heavy (non-hydrogen) atoms. The Hall–Kier alpha value is -1.37. The van der Waals surface area contributed by atoms with Crippen LogP contribution in [0, 0.1) is 18.3 Å². The number of pyridine rings is 1. The fourth-order valence-corrected chi connectivity index (χ4v) is 1.94. The smallest absolute Gasteiger partial charge is 0.0602 e. The predicted octanol–water partition coefficient (Wildman–Crippen LogP) is 1.39. The Labute approximate surface area is 103 Å². The highest BCUT2D eigenvalue weighted by Crippen LogP contribution is 2.29. The molecule has 1 aliphatic rings. The fourth-order valence-electron chi connectivity index (χ4n) is 1.94. The molecule has 0 aromatic carbocycles. The molecule has 90 valence electrons. The Kier molecular flexibility index (Phi) is 4.13. The summed E-state index contributed by atoms with van der Waals surface area (Å²) in [6.07, 6.45) is 8.09. The fraction of sp³-hybridized carbons (Fsp3) is 0.500. The highest BCUT2D eigenvalue weighted by Gasteiger charge is 2.24. The summed E-state index contributed by atoms with van der Waals surface area (Å²) in [7, 11) is 0. The van der Waals surface area contributed by atoms with Crippen LogP contribution in [-0.2, 0) is 13.1 Å². The highest BCUT2D eigenvalue weighted by molar-refractivity contribution is 5.11. The summed E-state index contributed by atoms with van der Waals surface area (Å²) in [6.45, 7) is 3.11. The van der Waals surface area contributed by atoms with Gasteiger partial charge in [0.25, 0.3) is 0 Å². The van der Waals surface area contributed by atoms with Crippen LogP contribution in [-0.4, -0.2) is 23.0 Å². The lowest BCUT2D eigenvalue weighted by Gasteiger charge is -2.19. The van der Waals surface area contributed by atoms with Gasteiger partial charge in [0.15, 0.2) is 0 Å². The second kappa shape index (κ2) is 5.81. The van der Waals surface area contributed by atoms with E-state index < -0.39 is 0 Å². The molecule has 0 unspecified atom stereocenters. The minimum absolute atomic E-state index is 0.492. The van der Waals surface area contributed by atoms with Gasteiger partial charge in [-0.15, -0.1) is 6.42 Å². The van der Waals surface area contributed by atoms with Gasteiger partial charge in [0, 0.05) is 19.6 Å². The van der Waals surface area contributed by atoms with E-state index in [1.165, 1.54) is 12.8 Å². The van der Waals surface area contributed by atoms with Crippen LogP contribution in [0.2, 0.25) is 0 Å². The standard InChI is InChI=1S/C14H19N3/c1-2-8-17(10-12-6-7-12)11-14-5-3-4-13(9-15)16-14/h1,3-5,12H,6-11,15H2. The van der Waals surface area contributed by atoms with Gasteiger partial charge in [-0.1, -0.05) is 12.0 Å². The molecule has 1 heterocycles. The van der Waals surface area contributed by atoms with Crippen LogP contribution >= 0.6 is 0 Å². The molecule has 0 amide bonds. The average molecular weight is 229 g/mol. The first-order valence-corrected chi connectivity index (χ1v) is 6.12. The molecule has 3 nitrogen and oxygen atoms in total. The van der Waals surface area contributed by atoms with Gasteiger partial charge in [0.2, 0.25) is 0 Å². The summed E-state index contributed by atoms with van der Waals surface area (Å²) in [5.74, 6) is 3.57. The van der Waals surface area contributed by atoms with Crippen molar-refractivity contribution in [3.05, 3.63) is 29.6 Å². The Morgan fingerprint density at radius 3 is 2.82 bits per heavy atom. The summed E-state index contributed by atoms with van der Waals surface area (Å²) in [5, 5.41) is 0. The largest absolute Gasteiger partial charge is 0.325 e. The molecule has 3 heteroatoms. The first kappa shape index (κ1) is 12.1. The average Bonchev–Trinajstić information content (AvgIpc) is 3.13. The lowest BCUT2D eigenvalue weighted by molar-refractivity contribution is 0.283. The molecule has 0 saturated heterocycles. The van der Waals surface area contributed by atoms with Gasteiger partial charge in [0.1, 0.15) is 0 Å². The number of hydrogen-bond acceptors (Lipinski definition) is 3. The molecule has 0 radical (unpaired) electrons. The zero-order valence-electron chi connectivity index (χ0n) is 10.1. The normalized spacial score (nSPS) is 14.9. The van der Waals surface area contributed by atoms with Gasteiger partial charge in [-0.2, -0.15) is 0 Å². The van der Waals surface area contributed by atoms with Crippen molar-refractivity contribution in [2.45, 2.75) is 25.9 Å². The van der Waals surface area contributed by atoms with E-state index in [4.69, 9.17) is 12.2 Å². The van der Waals surface area contributed by atoms with E-state index in [-0.39, 0.29) is 0 Å². The van der Waals surface area contributed by atoms with E-state index in [1.807, 2.05) is 18.2 Å². The summed E-state index contributed by atoms with van der Waals surface area (Å²) < 4.78 is 0. The van der Waals surface area contributed by atoms with Crippen molar-refractivity contribution in [2.75, 3.05) is 13.1 Å². The molecule has 1 fully saturated rings. The van der Waals surface area contributed by atoms with Gasteiger partial charge in [-0.3, -0.25) is 9.88 Å². The van der Waals surface area contributed by atoms with Crippen LogP contribution in [0.5, 0.6) is 0 Å². The first-order chi connectivity index (χ1) is 8.31. The predicted molar refractivity (Wildman–Crippen MR) is 69.0 cm³/mol. The number of aromatic nitrogens is 1. The number of nitrogens with two attached hydrogens (primary N) is 1. The molecule has 0 spiro atoms. The second-order valence-corrected chi connectivity index (χ2v) is 4.64. The second-order valence-electron chi connectivity index (χ2n) is 4.64. The quantitative estimate of drug-likeness (QED) is 0.749. The van der Waals surface area contributed by atoms with Gasteiger partial charge < -0.3 is 5.73 Å². The minimum Gasteiger partial charge on any atom is -0.325 e. The third-order valence-electron chi connectivity index (χ3n) is 2.99. The van der Waals surface area contributed by atoms with Crippen LogP contribution < -0.4 is 5.73 Å². The van der Waals surface area contributed by atoms with Gasteiger partial charge in [-0.25, -0.2) is 0 Å². The Morgan fingerprint density at radius 2 is 2.18 bits per heavy atom. The Balaban J connectivity index is 1.97. The highest BCUT2D eigenvalue weighted by atomic mass is 15.1. The number of terminal acetylenes is 1. The van der Waals surface area contributed by atoms with Crippen LogP contribution in [0.1, 0.15) is 24.2 Å². The Bertz CT molecular complexity index is 404. The molecular formula is C14H19N3. The zero-order valence-corrected chi connectivity index (χ0v) is 10.1. The van der Waals surface area contributed by atoms with Crippen LogP contribution in [0.15, 0.2) is 18.2 Å². The van der Waals surface area contributed by atoms with Crippen molar-refractivity contribution in [3.8, 4) is 12.3 Å². The SMILES string of the molecule is C#CCN(Cc1cccc(CN)n1)CC1CC1. The molecule has 0 aliphatic heterocycles. The molecule has 0 atom stereocenters. The zero-order chi connectivity index (χ0) is 12.1. The van der Waals surface area contributed by atoms with Crippen molar-refractivity contribution >= 4 is 0 Å². The van der Waals surface area contributed by atoms with Crippen molar-refractivity contribution in [3.63, 3.8) is 0 Å². The lowest BCUT2D eigenvalue weighted by atomic mass is 10.2. The third-order valence-corrected chi connectivity index (χ3v) is 2.99. The van der Waals surface area contributed by atoms with Crippen LogP contribution in [0.3, 0.4) is 0 Å². The number of hydrogen-bond donors (Lipinski definition) is 1. The molecule has 1 aromatic rings. The molecule has 2 rings (SSSR count). The van der Waals surface area contributed by atoms with Crippen LogP contribution in [0.25, 0.3) is 0 Å². The Morgan fingerprint density at radius 1 is 1.41 bits per heavy atom. The molecule has 1 aliphatic carbocycles. The van der Waals surface area contributed by atoms with Crippen molar-refractivity contribution in [1.82, 2.24) is 9.88 Å². The van der Waals surface area contributed by atoms with Crippen LogP contribution in [0.4, 0.5) is 0 Å². The van der Waals surface area contributed by atoms with E-state index >= 15 is 0 Å². The van der Waals surface area contributed by atoms with E-state index in [9.17, 15) is 0 Å². The summed E-state index contributed by atoms with van der Waals surface area (Å²) in [5.41, 5.74) is 7.59. The topological polar surface area (TPSA) is 42.1 Å². The number of rotatable bonds is 6. The molecule has 1 saturated carbocycles. The van der Waals surface area contributed by atoms with Crippen molar-refractivity contribution < 1.29 is 0 Å². The van der Waals surface area contributed by atoms with Crippen molar-refractivity contribution in [2.24, 2.45) is 11.7 Å². The lowest BCUT2D eigenvalue weighted by Crippen LogP contribution is -2.26. The number of nitrogens with zero attached hydrogens (tertiary/aromatic N) is 2. The maximum atomic E-state index is 5.59. The summed E-state index contributed by atoms with van der Waals surface area (Å²) in [6, 6.07) is 6.00. The molecular weight excluding hydrogens is 210 g/mol. The van der Waals surface area contributed by atoms with Gasteiger partial charge >= 0.3 is 0 Å². The summed E-state index contributed by atoms with van der Waals surface area (Å²) in [4.78, 5) is 6.80. The first-order valence-electron chi connectivity index (χ1n) is 6.12. The maximum absolute atomic E-state index is 5.59. The third kappa shape index (κ3) is 3.85. The van der Waals surface area contributed by atoms with Gasteiger partial charge in [0.05, 0.1) is 17.9 Å². The van der Waals surface area contributed by atoms with E-state index in [2.05, 4.69) is 15.8 Å². The van der Waals surface area contributed by atoms with E-state index in [0.29, 0.717) is 13.1 Å². The minimum atomic E-state index is 0.492.